The number of rotatable bonds is 5. The van der Waals surface area contributed by atoms with Gasteiger partial charge < -0.3 is 9.64 Å². The van der Waals surface area contributed by atoms with E-state index in [9.17, 15) is 4.79 Å². The molecule has 1 atom stereocenters. The molecule has 4 nitrogen and oxygen atoms in total. The van der Waals surface area contributed by atoms with E-state index < -0.39 is 0 Å². The monoisotopic (exact) mass is 324 g/mol. The Hall–Kier alpha value is -0.910. The average Bonchev–Trinajstić information content (AvgIpc) is 2.90. The molecule has 1 aliphatic rings. The van der Waals surface area contributed by atoms with Gasteiger partial charge in [-0.05, 0) is 45.8 Å². The van der Waals surface area contributed by atoms with Crippen molar-refractivity contribution in [2.75, 3.05) is 34.3 Å². The Morgan fingerprint density at radius 2 is 2.09 bits per heavy atom. The van der Waals surface area contributed by atoms with Crippen LogP contribution in [0.1, 0.15) is 53.0 Å². The SMILES string of the molecule is CC[C@@H](c1scc(C(=O)OC)c1C)N1CCC(N(C)C)CC1. The maximum atomic E-state index is 11.8. The highest BCUT2D eigenvalue weighted by molar-refractivity contribution is 7.10. The predicted molar refractivity (Wildman–Crippen MR) is 91.7 cm³/mol. The highest BCUT2D eigenvalue weighted by atomic mass is 32.1. The van der Waals surface area contributed by atoms with E-state index in [1.165, 1.54) is 24.8 Å². The summed E-state index contributed by atoms with van der Waals surface area (Å²) < 4.78 is 4.88. The Morgan fingerprint density at radius 1 is 1.45 bits per heavy atom. The summed E-state index contributed by atoms with van der Waals surface area (Å²) in [7, 11) is 5.79. The molecule has 0 bridgehead atoms. The smallest absolute Gasteiger partial charge is 0.338 e. The van der Waals surface area contributed by atoms with E-state index in [1.54, 1.807) is 11.3 Å². The molecule has 1 aliphatic heterocycles. The second-order valence-electron chi connectivity index (χ2n) is 6.29. The molecule has 0 radical (unpaired) electrons. The van der Waals surface area contributed by atoms with Crippen molar-refractivity contribution in [1.82, 2.24) is 9.80 Å². The van der Waals surface area contributed by atoms with Crippen molar-refractivity contribution in [2.45, 2.75) is 45.2 Å². The van der Waals surface area contributed by atoms with Crippen LogP contribution < -0.4 is 0 Å². The van der Waals surface area contributed by atoms with Crippen molar-refractivity contribution in [3.05, 3.63) is 21.4 Å². The number of likely N-dealkylation sites (tertiary alicyclic amines) is 1. The summed E-state index contributed by atoms with van der Waals surface area (Å²) in [6.07, 6.45) is 3.52. The van der Waals surface area contributed by atoms with Crippen molar-refractivity contribution < 1.29 is 9.53 Å². The van der Waals surface area contributed by atoms with Crippen LogP contribution in [0.3, 0.4) is 0 Å². The van der Waals surface area contributed by atoms with Crippen LogP contribution in [0.5, 0.6) is 0 Å². The minimum Gasteiger partial charge on any atom is -0.465 e. The van der Waals surface area contributed by atoms with Crippen LogP contribution in [0.2, 0.25) is 0 Å². The van der Waals surface area contributed by atoms with E-state index in [1.807, 2.05) is 12.3 Å². The molecule has 0 aromatic carbocycles. The van der Waals surface area contributed by atoms with E-state index in [2.05, 4.69) is 30.8 Å². The molecule has 1 saturated heterocycles. The van der Waals surface area contributed by atoms with E-state index in [0.717, 1.165) is 30.6 Å². The van der Waals surface area contributed by atoms with Gasteiger partial charge in [0.05, 0.1) is 12.7 Å². The summed E-state index contributed by atoms with van der Waals surface area (Å²) in [6, 6.07) is 1.12. The number of methoxy groups -OCH3 is 1. The molecule has 22 heavy (non-hydrogen) atoms. The lowest BCUT2D eigenvalue weighted by atomic mass is 9.99. The Labute approximate surface area is 138 Å². The summed E-state index contributed by atoms with van der Waals surface area (Å²) in [4.78, 5) is 18.1. The molecule has 5 heteroatoms. The van der Waals surface area contributed by atoms with Gasteiger partial charge in [-0.15, -0.1) is 11.3 Å². The number of thiophene rings is 1. The van der Waals surface area contributed by atoms with Crippen LogP contribution in [-0.2, 0) is 4.74 Å². The van der Waals surface area contributed by atoms with Gasteiger partial charge in [-0.2, -0.15) is 0 Å². The lowest BCUT2D eigenvalue weighted by Crippen LogP contribution is -2.43. The molecular weight excluding hydrogens is 296 g/mol. The zero-order valence-corrected chi connectivity index (χ0v) is 15.2. The lowest BCUT2D eigenvalue weighted by molar-refractivity contribution is 0.0600. The minimum atomic E-state index is -0.221. The molecule has 1 fully saturated rings. The van der Waals surface area contributed by atoms with Crippen LogP contribution in [0.4, 0.5) is 0 Å². The number of hydrogen-bond donors (Lipinski definition) is 0. The molecular formula is C17H28N2O2S. The number of carbonyl (C=O) groups is 1. The molecule has 1 aromatic rings. The maximum Gasteiger partial charge on any atom is 0.338 e. The largest absolute Gasteiger partial charge is 0.465 e. The fourth-order valence-corrected chi connectivity index (χ4v) is 4.67. The van der Waals surface area contributed by atoms with Gasteiger partial charge in [0, 0.05) is 35.4 Å². The highest BCUT2D eigenvalue weighted by Gasteiger charge is 2.29. The van der Waals surface area contributed by atoms with Gasteiger partial charge in [0.2, 0.25) is 0 Å². The van der Waals surface area contributed by atoms with Gasteiger partial charge in [0.25, 0.3) is 0 Å². The van der Waals surface area contributed by atoms with Crippen LogP contribution in [-0.4, -0.2) is 56.1 Å². The molecule has 0 N–H and O–H groups in total. The number of nitrogens with zero attached hydrogens (tertiary/aromatic N) is 2. The second kappa shape index (κ2) is 7.57. The van der Waals surface area contributed by atoms with Crippen molar-refractivity contribution in [3.63, 3.8) is 0 Å². The number of piperidine rings is 1. The molecule has 0 spiro atoms. The van der Waals surface area contributed by atoms with E-state index in [0.29, 0.717) is 12.1 Å². The van der Waals surface area contributed by atoms with Gasteiger partial charge in [0.1, 0.15) is 0 Å². The standard InChI is InChI=1S/C17H28N2O2S/c1-6-15(19-9-7-13(8-10-19)18(3)4)16-12(2)14(11-22-16)17(20)21-5/h11,13,15H,6-10H2,1-5H3/t15-/m0/s1. The average molecular weight is 324 g/mol. The van der Waals surface area contributed by atoms with Crippen molar-refractivity contribution in [1.29, 1.82) is 0 Å². The molecule has 0 saturated carbocycles. The van der Waals surface area contributed by atoms with Crippen molar-refractivity contribution in [2.24, 2.45) is 0 Å². The summed E-state index contributed by atoms with van der Waals surface area (Å²) in [5.41, 5.74) is 1.82. The quantitative estimate of drug-likeness (QED) is 0.778. The van der Waals surface area contributed by atoms with Crippen LogP contribution in [0.25, 0.3) is 0 Å². The molecule has 0 amide bonds. The van der Waals surface area contributed by atoms with E-state index in [4.69, 9.17) is 4.74 Å². The zero-order valence-electron chi connectivity index (χ0n) is 14.4. The lowest BCUT2D eigenvalue weighted by Gasteiger charge is -2.39. The third kappa shape index (κ3) is 3.53. The summed E-state index contributed by atoms with van der Waals surface area (Å²) in [5, 5.41) is 1.95. The van der Waals surface area contributed by atoms with Gasteiger partial charge in [-0.25, -0.2) is 4.79 Å². The van der Waals surface area contributed by atoms with Gasteiger partial charge >= 0.3 is 5.97 Å². The van der Waals surface area contributed by atoms with Crippen LogP contribution >= 0.6 is 11.3 Å². The van der Waals surface area contributed by atoms with Crippen molar-refractivity contribution in [3.8, 4) is 0 Å². The number of carbonyl (C=O) groups excluding carboxylic acids is 1. The predicted octanol–water partition coefficient (Wildman–Crippen LogP) is 3.32. The molecule has 1 aromatic heterocycles. The zero-order chi connectivity index (χ0) is 16.3. The topological polar surface area (TPSA) is 32.8 Å². The maximum absolute atomic E-state index is 11.8. The molecule has 2 rings (SSSR count). The van der Waals surface area contributed by atoms with E-state index in [-0.39, 0.29) is 5.97 Å². The third-order valence-electron chi connectivity index (χ3n) is 4.84. The first-order valence-corrected chi connectivity index (χ1v) is 8.94. The van der Waals surface area contributed by atoms with Crippen LogP contribution in [0.15, 0.2) is 5.38 Å². The van der Waals surface area contributed by atoms with Crippen molar-refractivity contribution >= 4 is 17.3 Å². The first-order chi connectivity index (χ1) is 10.5. The molecule has 2 heterocycles. The van der Waals surface area contributed by atoms with Gasteiger partial charge in [-0.1, -0.05) is 6.92 Å². The minimum absolute atomic E-state index is 0.221. The number of ether oxygens (including phenoxy) is 1. The number of hydrogen-bond acceptors (Lipinski definition) is 5. The fourth-order valence-electron chi connectivity index (χ4n) is 3.39. The second-order valence-corrected chi connectivity index (χ2v) is 7.20. The Morgan fingerprint density at radius 3 is 2.59 bits per heavy atom. The van der Waals surface area contributed by atoms with Gasteiger partial charge in [0.15, 0.2) is 0 Å². The Balaban J connectivity index is 2.13. The van der Waals surface area contributed by atoms with Crippen LogP contribution in [0, 0.1) is 6.92 Å². The molecule has 124 valence electrons. The summed E-state index contributed by atoms with van der Waals surface area (Å²) in [5.74, 6) is -0.221. The number of esters is 1. The highest BCUT2D eigenvalue weighted by Crippen LogP contribution is 2.35. The van der Waals surface area contributed by atoms with Gasteiger partial charge in [-0.3, -0.25) is 4.90 Å². The summed E-state index contributed by atoms with van der Waals surface area (Å²) >= 11 is 1.70. The first kappa shape index (κ1) is 17.4. The molecule has 0 aliphatic carbocycles. The summed E-state index contributed by atoms with van der Waals surface area (Å²) in [6.45, 7) is 6.55. The normalized spacial score (nSPS) is 18.6. The third-order valence-corrected chi connectivity index (χ3v) is 6.03. The Bertz CT molecular complexity index is 505. The Kier molecular flexibility index (Phi) is 6.01. The molecule has 0 unspecified atom stereocenters. The fraction of sp³-hybridized carbons (Fsp3) is 0.706. The first-order valence-electron chi connectivity index (χ1n) is 8.06. The van der Waals surface area contributed by atoms with E-state index >= 15 is 0 Å².